The third-order valence-corrected chi connectivity index (χ3v) is 3.04. The first-order valence-corrected chi connectivity index (χ1v) is 5.86. The highest BCUT2D eigenvalue weighted by Crippen LogP contribution is 2.13. The normalized spacial score (nSPS) is 12.2. The molecule has 0 aromatic heterocycles. The Morgan fingerprint density at radius 1 is 1.43 bits per heavy atom. The second-order valence-corrected chi connectivity index (χ2v) is 4.30. The number of alkyl halides is 1. The van der Waals surface area contributed by atoms with Crippen molar-refractivity contribution in [2.75, 3.05) is 6.61 Å². The molecule has 0 saturated carbocycles. The van der Waals surface area contributed by atoms with Crippen LogP contribution in [0.15, 0.2) is 0 Å². The summed E-state index contributed by atoms with van der Waals surface area (Å²) in [7, 11) is 0. The van der Waals surface area contributed by atoms with Gasteiger partial charge in [-0.3, -0.25) is 9.59 Å². The number of carbonyl (C=O) groups is 2. The first kappa shape index (κ1) is 13.9. The van der Waals surface area contributed by atoms with Crippen molar-refractivity contribution in [3.8, 4) is 0 Å². The number of hydrogen-bond donors (Lipinski definition) is 0. The van der Waals surface area contributed by atoms with Crippen LogP contribution >= 0.6 is 27.5 Å². The molecule has 0 aliphatic heterocycles. The lowest BCUT2D eigenvalue weighted by molar-refractivity contribution is -0.143. The van der Waals surface area contributed by atoms with Gasteiger partial charge in [0.2, 0.25) is 5.24 Å². The SMILES string of the molecule is CCOC(=O)CCCCC(Br)C(=O)Cl. The van der Waals surface area contributed by atoms with Crippen molar-refractivity contribution in [1.82, 2.24) is 0 Å². The molecule has 0 heterocycles. The summed E-state index contributed by atoms with van der Waals surface area (Å²) in [6, 6.07) is 0. The fourth-order valence-corrected chi connectivity index (χ4v) is 1.37. The van der Waals surface area contributed by atoms with E-state index in [2.05, 4.69) is 15.9 Å². The van der Waals surface area contributed by atoms with Crippen LogP contribution < -0.4 is 0 Å². The van der Waals surface area contributed by atoms with Crippen LogP contribution in [0, 0.1) is 0 Å². The van der Waals surface area contributed by atoms with Crippen molar-refractivity contribution >= 4 is 38.7 Å². The Kier molecular flexibility index (Phi) is 8.18. The predicted molar refractivity (Wildman–Crippen MR) is 58.7 cm³/mol. The maximum Gasteiger partial charge on any atom is 0.305 e. The van der Waals surface area contributed by atoms with E-state index in [1.807, 2.05) is 0 Å². The molecule has 0 saturated heterocycles. The molecule has 0 fully saturated rings. The van der Waals surface area contributed by atoms with Gasteiger partial charge in [-0.15, -0.1) is 0 Å². The van der Waals surface area contributed by atoms with Crippen LogP contribution in [0.4, 0.5) is 0 Å². The van der Waals surface area contributed by atoms with E-state index >= 15 is 0 Å². The van der Waals surface area contributed by atoms with E-state index in [0.717, 1.165) is 12.8 Å². The summed E-state index contributed by atoms with van der Waals surface area (Å²) in [4.78, 5) is 21.2. The van der Waals surface area contributed by atoms with E-state index < -0.39 is 0 Å². The van der Waals surface area contributed by atoms with E-state index in [9.17, 15) is 9.59 Å². The molecule has 0 N–H and O–H groups in total. The largest absolute Gasteiger partial charge is 0.466 e. The van der Waals surface area contributed by atoms with Crippen molar-refractivity contribution in [2.24, 2.45) is 0 Å². The third-order valence-electron chi connectivity index (χ3n) is 1.64. The maximum absolute atomic E-state index is 10.9. The molecular weight excluding hydrogens is 271 g/mol. The van der Waals surface area contributed by atoms with Gasteiger partial charge in [0.15, 0.2) is 0 Å². The Balaban J connectivity index is 3.37. The molecule has 0 rings (SSSR count). The predicted octanol–water partition coefficient (Wildman–Crippen LogP) is 2.64. The molecular formula is C9H14BrClO3. The minimum atomic E-state index is -0.388. The van der Waals surface area contributed by atoms with Crippen LogP contribution in [0.1, 0.15) is 32.6 Å². The Labute approximate surface area is 97.3 Å². The number of rotatable bonds is 7. The van der Waals surface area contributed by atoms with E-state index in [4.69, 9.17) is 16.3 Å². The molecule has 0 amide bonds. The molecule has 5 heteroatoms. The van der Waals surface area contributed by atoms with Crippen molar-refractivity contribution in [3.05, 3.63) is 0 Å². The average molecular weight is 286 g/mol. The zero-order chi connectivity index (χ0) is 11.0. The summed E-state index contributed by atoms with van der Waals surface area (Å²) in [5.74, 6) is -0.184. The van der Waals surface area contributed by atoms with Gasteiger partial charge in [0.25, 0.3) is 0 Å². The minimum absolute atomic E-state index is 0.184. The molecule has 0 radical (unpaired) electrons. The van der Waals surface area contributed by atoms with Gasteiger partial charge >= 0.3 is 5.97 Å². The van der Waals surface area contributed by atoms with Crippen LogP contribution in [0.3, 0.4) is 0 Å². The fourth-order valence-electron chi connectivity index (χ4n) is 0.940. The summed E-state index contributed by atoms with van der Waals surface area (Å²) in [5.41, 5.74) is 0. The topological polar surface area (TPSA) is 43.4 Å². The molecule has 0 aliphatic rings. The van der Waals surface area contributed by atoms with Gasteiger partial charge in [-0.25, -0.2) is 0 Å². The highest BCUT2D eigenvalue weighted by molar-refractivity contribution is 9.10. The number of ether oxygens (including phenoxy) is 1. The molecule has 82 valence electrons. The fraction of sp³-hybridized carbons (Fsp3) is 0.778. The summed E-state index contributed by atoms with van der Waals surface area (Å²) in [5, 5.41) is -0.388. The van der Waals surface area contributed by atoms with Crippen LogP contribution in [0.2, 0.25) is 0 Å². The molecule has 1 atom stereocenters. The molecule has 0 bridgehead atoms. The highest BCUT2D eigenvalue weighted by Gasteiger charge is 2.11. The maximum atomic E-state index is 10.9. The molecule has 1 unspecified atom stereocenters. The number of unbranched alkanes of at least 4 members (excludes halogenated alkanes) is 1. The second kappa shape index (κ2) is 8.24. The number of carbonyl (C=O) groups excluding carboxylic acids is 2. The van der Waals surface area contributed by atoms with Gasteiger partial charge in [0, 0.05) is 6.42 Å². The van der Waals surface area contributed by atoms with Crippen LogP contribution in [0.5, 0.6) is 0 Å². The quantitative estimate of drug-likeness (QED) is 0.313. The molecule has 0 spiro atoms. The first-order chi connectivity index (χ1) is 6.57. The highest BCUT2D eigenvalue weighted by atomic mass is 79.9. The summed E-state index contributed by atoms with van der Waals surface area (Å²) in [6.07, 6.45) is 2.57. The Bertz CT molecular complexity index is 196. The van der Waals surface area contributed by atoms with Crippen molar-refractivity contribution in [1.29, 1.82) is 0 Å². The van der Waals surface area contributed by atoms with Gasteiger partial charge in [0.05, 0.1) is 11.4 Å². The number of halogens is 2. The summed E-state index contributed by atoms with van der Waals surface area (Å²) < 4.78 is 4.75. The zero-order valence-corrected chi connectivity index (χ0v) is 10.4. The smallest absolute Gasteiger partial charge is 0.305 e. The zero-order valence-electron chi connectivity index (χ0n) is 8.09. The first-order valence-electron chi connectivity index (χ1n) is 4.57. The van der Waals surface area contributed by atoms with E-state index in [1.165, 1.54) is 0 Å². The van der Waals surface area contributed by atoms with Crippen molar-refractivity contribution in [2.45, 2.75) is 37.4 Å². The minimum Gasteiger partial charge on any atom is -0.466 e. The monoisotopic (exact) mass is 284 g/mol. The Morgan fingerprint density at radius 3 is 2.57 bits per heavy atom. The summed E-state index contributed by atoms with van der Waals surface area (Å²) in [6.45, 7) is 2.19. The second-order valence-electron chi connectivity index (χ2n) is 2.82. The van der Waals surface area contributed by atoms with E-state index in [-0.39, 0.29) is 16.0 Å². The Hall–Kier alpha value is -0.0900. The molecule has 14 heavy (non-hydrogen) atoms. The lowest BCUT2D eigenvalue weighted by atomic mass is 10.1. The molecule has 3 nitrogen and oxygen atoms in total. The van der Waals surface area contributed by atoms with E-state index in [0.29, 0.717) is 19.4 Å². The van der Waals surface area contributed by atoms with Gasteiger partial charge in [0.1, 0.15) is 0 Å². The number of esters is 1. The van der Waals surface area contributed by atoms with Crippen molar-refractivity contribution < 1.29 is 14.3 Å². The molecule has 0 aromatic rings. The number of hydrogen-bond acceptors (Lipinski definition) is 3. The standard InChI is InChI=1S/C9H14BrClO3/c1-2-14-8(12)6-4-3-5-7(10)9(11)13/h7H,2-6H2,1H3. The average Bonchev–Trinajstić information content (AvgIpc) is 2.12. The Morgan fingerprint density at radius 2 is 2.07 bits per heavy atom. The van der Waals surface area contributed by atoms with Crippen LogP contribution in [0.25, 0.3) is 0 Å². The lowest BCUT2D eigenvalue weighted by Crippen LogP contribution is -2.07. The van der Waals surface area contributed by atoms with Gasteiger partial charge in [-0.05, 0) is 31.4 Å². The van der Waals surface area contributed by atoms with Crippen LogP contribution in [-0.2, 0) is 14.3 Å². The van der Waals surface area contributed by atoms with Crippen LogP contribution in [-0.4, -0.2) is 22.6 Å². The van der Waals surface area contributed by atoms with E-state index in [1.54, 1.807) is 6.92 Å². The molecule has 0 aliphatic carbocycles. The third kappa shape index (κ3) is 7.33. The van der Waals surface area contributed by atoms with Gasteiger partial charge in [-0.2, -0.15) is 0 Å². The van der Waals surface area contributed by atoms with Crippen molar-refractivity contribution in [3.63, 3.8) is 0 Å². The lowest BCUT2D eigenvalue weighted by Gasteiger charge is -2.04. The van der Waals surface area contributed by atoms with Gasteiger partial charge in [-0.1, -0.05) is 22.4 Å². The van der Waals surface area contributed by atoms with Gasteiger partial charge < -0.3 is 4.74 Å². The molecule has 0 aromatic carbocycles. The summed E-state index contributed by atoms with van der Waals surface area (Å²) >= 11 is 8.38.